The summed E-state index contributed by atoms with van der Waals surface area (Å²) < 4.78 is 1.82. The van der Waals surface area contributed by atoms with E-state index in [4.69, 9.17) is 0 Å². The number of amides is 2. The van der Waals surface area contributed by atoms with Gasteiger partial charge in [-0.1, -0.05) is 0 Å². The van der Waals surface area contributed by atoms with E-state index in [2.05, 4.69) is 15.7 Å². The topological polar surface area (TPSA) is 59.0 Å². The van der Waals surface area contributed by atoms with E-state index in [0.717, 1.165) is 17.0 Å². The number of carbonyl (C=O) groups is 1. The Balaban J connectivity index is 2.61. The number of rotatable bonds is 3. The Morgan fingerprint density at radius 3 is 2.53 bits per heavy atom. The third kappa shape index (κ3) is 2.71. The highest BCUT2D eigenvalue weighted by molar-refractivity contribution is 5.73. The second kappa shape index (κ2) is 4.82. The summed E-state index contributed by atoms with van der Waals surface area (Å²) in [6, 6.07) is -0.139. The smallest absolute Gasteiger partial charge is 0.315 e. The lowest BCUT2D eigenvalue weighted by molar-refractivity contribution is 0.241. The SMILES string of the molecule is CCNC(=O)NCc1c(C)nn(C)c1C. The number of hydrogen-bond acceptors (Lipinski definition) is 2. The molecule has 84 valence electrons. The van der Waals surface area contributed by atoms with Gasteiger partial charge < -0.3 is 10.6 Å². The van der Waals surface area contributed by atoms with Gasteiger partial charge in [-0.05, 0) is 20.8 Å². The molecule has 2 amide bonds. The van der Waals surface area contributed by atoms with Gasteiger partial charge in [0.05, 0.1) is 5.69 Å². The molecule has 0 aliphatic rings. The fourth-order valence-electron chi connectivity index (χ4n) is 1.47. The fraction of sp³-hybridized carbons (Fsp3) is 0.600. The van der Waals surface area contributed by atoms with E-state index in [0.29, 0.717) is 13.1 Å². The zero-order valence-electron chi connectivity index (χ0n) is 9.72. The summed E-state index contributed by atoms with van der Waals surface area (Å²) >= 11 is 0. The van der Waals surface area contributed by atoms with Gasteiger partial charge in [0.1, 0.15) is 0 Å². The average molecular weight is 210 g/mol. The second-order valence-electron chi connectivity index (χ2n) is 3.49. The predicted octanol–water partition coefficient (Wildman–Crippen LogP) is 0.856. The minimum Gasteiger partial charge on any atom is -0.338 e. The molecule has 0 aliphatic carbocycles. The summed E-state index contributed by atoms with van der Waals surface area (Å²) in [6.07, 6.45) is 0. The molecule has 0 bridgehead atoms. The highest BCUT2D eigenvalue weighted by atomic mass is 16.2. The van der Waals surface area contributed by atoms with Crippen LogP contribution in [0.25, 0.3) is 0 Å². The Morgan fingerprint density at radius 2 is 2.07 bits per heavy atom. The molecule has 1 aromatic heterocycles. The summed E-state index contributed by atoms with van der Waals surface area (Å²) in [5.74, 6) is 0. The number of nitrogens with zero attached hydrogens (tertiary/aromatic N) is 2. The van der Waals surface area contributed by atoms with Crippen molar-refractivity contribution >= 4 is 6.03 Å². The van der Waals surface area contributed by atoms with Crippen molar-refractivity contribution in [3.63, 3.8) is 0 Å². The van der Waals surface area contributed by atoms with Crippen LogP contribution in [0, 0.1) is 13.8 Å². The minimum atomic E-state index is -0.139. The summed E-state index contributed by atoms with van der Waals surface area (Å²) in [6.45, 7) is 6.99. The van der Waals surface area contributed by atoms with Crippen LogP contribution in [0.15, 0.2) is 0 Å². The van der Waals surface area contributed by atoms with Crippen LogP contribution >= 0.6 is 0 Å². The molecule has 0 atom stereocenters. The summed E-state index contributed by atoms with van der Waals surface area (Å²) in [5, 5.41) is 9.76. The van der Waals surface area contributed by atoms with Gasteiger partial charge in [-0.15, -0.1) is 0 Å². The maximum atomic E-state index is 11.2. The van der Waals surface area contributed by atoms with Crippen LogP contribution in [0.3, 0.4) is 0 Å². The Morgan fingerprint density at radius 1 is 1.40 bits per heavy atom. The number of hydrogen-bond donors (Lipinski definition) is 2. The summed E-state index contributed by atoms with van der Waals surface area (Å²) in [4.78, 5) is 11.2. The minimum absolute atomic E-state index is 0.139. The van der Waals surface area contributed by atoms with Crippen LogP contribution < -0.4 is 10.6 Å². The van der Waals surface area contributed by atoms with Crippen molar-refractivity contribution in [2.45, 2.75) is 27.3 Å². The molecule has 0 unspecified atom stereocenters. The quantitative estimate of drug-likeness (QED) is 0.777. The Kier molecular flexibility index (Phi) is 3.71. The molecular weight excluding hydrogens is 192 g/mol. The number of nitrogens with one attached hydrogen (secondary N) is 2. The molecule has 0 fully saturated rings. The summed E-state index contributed by atoms with van der Waals surface area (Å²) in [7, 11) is 1.90. The largest absolute Gasteiger partial charge is 0.338 e. The maximum Gasteiger partial charge on any atom is 0.315 e. The zero-order valence-corrected chi connectivity index (χ0v) is 9.72. The van der Waals surface area contributed by atoms with Gasteiger partial charge in [0, 0.05) is 31.4 Å². The van der Waals surface area contributed by atoms with E-state index in [1.807, 2.05) is 32.5 Å². The standard InChI is InChI=1S/C10H18N4O/c1-5-11-10(15)12-6-9-7(2)13-14(4)8(9)3/h5-6H2,1-4H3,(H2,11,12,15). The van der Waals surface area contributed by atoms with Crippen molar-refractivity contribution in [2.75, 3.05) is 6.54 Å². The number of aromatic nitrogens is 2. The molecule has 5 heteroatoms. The van der Waals surface area contributed by atoms with Gasteiger partial charge in [0.25, 0.3) is 0 Å². The molecule has 0 spiro atoms. The average Bonchev–Trinajstić information content (AvgIpc) is 2.40. The highest BCUT2D eigenvalue weighted by Crippen LogP contribution is 2.10. The van der Waals surface area contributed by atoms with Crippen molar-refractivity contribution in [1.29, 1.82) is 0 Å². The van der Waals surface area contributed by atoms with E-state index in [1.54, 1.807) is 0 Å². The highest BCUT2D eigenvalue weighted by Gasteiger charge is 2.09. The fourth-order valence-corrected chi connectivity index (χ4v) is 1.47. The van der Waals surface area contributed by atoms with Crippen LogP contribution in [-0.4, -0.2) is 22.4 Å². The Bertz CT molecular complexity index is 357. The second-order valence-corrected chi connectivity index (χ2v) is 3.49. The van der Waals surface area contributed by atoms with Crippen LogP contribution in [0.1, 0.15) is 23.9 Å². The molecule has 0 saturated heterocycles. The van der Waals surface area contributed by atoms with Crippen LogP contribution in [-0.2, 0) is 13.6 Å². The molecule has 2 N–H and O–H groups in total. The van der Waals surface area contributed by atoms with Gasteiger partial charge in [-0.25, -0.2) is 4.79 Å². The van der Waals surface area contributed by atoms with Gasteiger partial charge in [-0.3, -0.25) is 4.68 Å². The van der Waals surface area contributed by atoms with Crippen molar-refractivity contribution in [1.82, 2.24) is 20.4 Å². The first-order chi connectivity index (χ1) is 7.06. The molecule has 15 heavy (non-hydrogen) atoms. The molecule has 0 radical (unpaired) electrons. The lowest BCUT2D eigenvalue weighted by atomic mass is 10.2. The van der Waals surface area contributed by atoms with Gasteiger partial charge in [0.2, 0.25) is 0 Å². The van der Waals surface area contributed by atoms with Gasteiger partial charge >= 0.3 is 6.03 Å². The van der Waals surface area contributed by atoms with Crippen molar-refractivity contribution in [2.24, 2.45) is 7.05 Å². The lowest BCUT2D eigenvalue weighted by Crippen LogP contribution is -2.34. The zero-order chi connectivity index (χ0) is 11.4. The van der Waals surface area contributed by atoms with Crippen LogP contribution in [0.2, 0.25) is 0 Å². The van der Waals surface area contributed by atoms with Crippen LogP contribution in [0.5, 0.6) is 0 Å². The molecule has 0 aromatic carbocycles. The molecular formula is C10H18N4O. The third-order valence-corrected chi connectivity index (χ3v) is 2.42. The first-order valence-corrected chi connectivity index (χ1v) is 5.07. The Labute approximate surface area is 89.9 Å². The van der Waals surface area contributed by atoms with E-state index < -0.39 is 0 Å². The molecule has 1 aromatic rings. The van der Waals surface area contributed by atoms with Crippen LogP contribution in [0.4, 0.5) is 4.79 Å². The summed E-state index contributed by atoms with van der Waals surface area (Å²) in [5.41, 5.74) is 3.14. The van der Waals surface area contributed by atoms with Crippen molar-refractivity contribution in [3.8, 4) is 0 Å². The molecule has 0 saturated carbocycles. The van der Waals surface area contributed by atoms with Gasteiger partial charge in [0.15, 0.2) is 0 Å². The normalized spacial score (nSPS) is 10.1. The van der Waals surface area contributed by atoms with Crippen molar-refractivity contribution < 1.29 is 4.79 Å². The van der Waals surface area contributed by atoms with Gasteiger partial charge in [-0.2, -0.15) is 5.10 Å². The van der Waals surface area contributed by atoms with E-state index in [-0.39, 0.29) is 6.03 Å². The van der Waals surface area contributed by atoms with E-state index in [1.165, 1.54) is 0 Å². The first-order valence-electron chi connectivity index (χ1n) is 5.07. The maximum absolute atomic E-state index is 11.2. The molecule has 1 heterocycles. The number of aryl methyl sites for hydroxylation is 2. The number of urea groups is 1. The first kappa shape index (κ1) is 11.6. The predicted molar refractivity (Wildman–Crippen MR) is 58.6 cm³/mol. The monoisotopic (exact) mass is 210 g/mol. The van der Waals surface area contributed by atoms with Crippen molar-refractivity contribution in [3.05, 3.63) is 17.0 Å². The molecule has 1 rings (SSSR count). The molecule has 5 nitrogen and oxygen atoms in total. The third-order valence-electron chi connectivity index (χ3n) is 2.42. The Hall–Kier alpha value is -1.52. The van der Waals surface area contributed by atoms with E-state index in [9.17, 15) is 4.79 Å². The van der Waals surface area contributed by atoms with E-state index >= 15 is 0 Å². The number of carbonyl (C=O) groups excluding carboxylic acids is 1. The molecule has 0 aliphatic heterocycles. The lowest BCUT2D eigenvalue weighted by Gasteiger charge is -2.05.